The molecule has 18 heavy (non-hydrogen) atoms. The van der Waals surface area contributed by atoms with E-state index < -0.39 is 5.97 Å². The molecule has 1 aliphatic heterocycles. The van der Waals surface area contributed by atoms with Crippen LogP contribution in [-0.2, 0) is 4.79 Å². The van der Waals surface area contributed by atoms with E-state index in [1.165, 1.54) is 0 Å². The predicted molar refractivity (Wildman–Crippen MR) is 69.2 cm³/mol. The Morgan fingerprint density at radius 3 is 2.67 bits per heavy atom. The topological polar surface area (TPSA) is 66.3 Å². The maximum atomic E-state index is 10.6. The third kappa shape index (κ3) is 3.23. The number of aliphatic carboxylic acids is 1. The first-order valence-electron chi connectivity index (χ1n) is 5.71. The largest absolute Gasteiger partial charge is 0.481 e. The molecule has 0 aliphatic carbocycles. The standard InChI is InChI=1S/C11H13Cl2N3O2/c12-9-6-8(11(13)15-14-9)16-3-1-7(2-4-16)5-10(17)18/h6-7H,1-5H2,(H,17,18). The van der Waals surface area contributed by atoms with Gasteiger partial charge in [0.25, 0.3) is 0 Å². The number of nitrogens with zero attached hydrogens (tertiary/aromatic N) is 3. The number of rotatable bonds is 3. The Kier molecular flexibility index (Phi) is 4.24. The highest BCUT2D eigenvalue weighted by molar-refractivity contribution is 6.33. The number of hydrogen-bond donors (Lipinski definition) is 1. The minimum absolute atomic E-state index is 0.233. The van der Waals surface area contributed by atoms with E-state index in [0.29, 0.717) is 10.3 Å². The highest BCUT2D eigenvalue weighted by atomic mass is 35.5. The summed E-state index contributed by atoms with van der Waals surface area (Å²) in [7, 11) is 0. The van der Waals surface area contributed by atoms with Crippen molar-refractivity contribution in [3.63, 3.8) is 0 Å². The number of carbonyl (C=O) groups is 1. The zero-order valence-electron chi connectivity index (χ0n) is 9.64. The van der Waals surface area contributed by atoms with Crippen LogP contribution in [0, 0.1) is 5.92 Å². The van der Waals surface area contributed by atoms with Gasteiger partial charge in [0.05, 0.1) is 5.69 Å². The fourth-order valence-corrected chi connectivity index (χ4v) is 2.54. The molecule has 2 heterocycles. The van der Waals surface area contributed by atoms with Crippen molar-refractivity contribution in [3.8, 4) is 0 Å². The van der Waals surface area contributed by atoms with Crippen LogP contribution in [0.1, 0.15) is 19.3 Å². The Morgan fingerprint density at radius 1 is 1.39 bits per heavy atom. The summed E-state index contributed by atoms with van der Waals surface area (Å²) in [6, 6.07) is 1.69. The first-order valence-corrected chi connectivity index (χ1v) is 6.47. The van der Waals surface area contributed by atoms with E-state index in [-0.39, 0.29) is 12.3 Å². The van der Waals surface area contributed by atoms with E-state index in [9.17, 15) is 4.79 Å². The van der Waals surface area contributed by atoms with Crippen molar-refractivity contribution in [3.05, 3.63) is 16.4 Å². The normalized spacial score (nSPS) is 16.9. The Labute approximate surface area is 115 Å². The fraction of sp³-hybridized carbons (Fsp3) is 0.545. The summed E-state index contributed by atoms with van der Waals surface area (Å²) in [5.74, 6) is -0.497. The summed E-state index contributed by atoms with van der Waals surface area (Å²) in [6.07, 6.45) is 1.90. The molecule has 5 nitrogen and oxygen atoms in total. The number of carboxylic acids is 1. The molecule has 0 radical (unpaired) electrons. The number of anilines is 1. The van der Waals surface area contributed by atoms with Gasteiger partial charge < -0.3 is 10.0 Å². The molecule has 1 aromatic heterocycles. The van der Waals surface area contributed by atoms with Crippen LogP contribution in [-0.4, -0.2) is 34.4 Å². The lowest BCUT2D eigenvalue weighted by Gasteiger charge is -2.33. The van der Waals surface area contributed by atoms with E-state index in [1.807, 2.05) is 0 Å². The molecule has 1 aromatic rings. The quantitative estimate of drug-likeness (QED) is 0.926. The molecule has 1 fully saturated rings. The van der Waals surface area contributed by atoms with Gasteiger partial charge in [0, 0.05) is 25.6 Å². The molecule has 0 bridgehead atoms. The van der Waals surface area contributed by atoms with Crippen LogP contribution < -0.4 is 4.90 Å². The average molecular weight is 290 g/mol. The maximum absolute atomic E-state index is 10.6. The van der Waals surface area contributed by atoms with Gasteiger partial charge in [-0.1, -0.05) is 23.2 Å². The zero-order valence-corrected chi connectivity index (χ0v) is 11.2. The molecule has 2 rings (SSSR count). The van der Waals surface area contributed by atoms with Gasteiger partial charge in [0.2, 0.25) is 0 Å². The van der Waals surface area contributed by atoms with Gasteiger partial charge in [-0.3, -0.25) is 4.79 Å². The van der Waals surface area contributed by atoms with Gasteiger partial charge in [-0.25, -0.2) is 0 Å². The molecular weight excluding hydrogens is 277 g/mol. The van der Waals surface area contributed by atoms with E-state index in [0.717, 1.165) is 31.6 Å². The highest BCUT2D eigenvalue weighted by Crippen LogP contribution is 2.30. The fourth-order valence-electron chi connectivity index (χ4n) is 2.19. The molecule has 0 amide bonds. The molecule has 0 atom stereocenters. The van der Waals surface area contributed by atoms with Crippen LogP contribution in [0.25, 0.3) is 0 Å². The van der Waals surface area contributed by atoms with Gasteiger partial charge in [-0.05, 0) is 18.8 Å². The van der Waals surface area contributed by atoms with Crippen molar-refractivity contribution in [1.29, 1.82) is 0 Å². The van der Waals surface area contributed by atoms with Crippen LogP contribution in [0.5, 0.6) is 0 Å². The molecule has 0 aromatic carbocycles. The van der Waals surface area contributed by atoms with Crippen molar-refractivity contribution in [2.45, 2.75) is 19.3 Å². The van der Waals surface area contributed by atoms with Crippen LogP contribution in [0.15, 0.2) is 6.07 Å². The third-order valence-corrected chi connectivity index (χ3v) is 3.57. The molecule has 98 valence electrons. The average Bonchev–Trinajstić information content (AvgIpc) is 2.33. The van der Waals surface area contributed by atoms with Gasteiger partial charge in [-0.15, -0.1) is 10.2 Å². The lowest BCUT2D eigenvalue weighted by Crippen LogP contribution is -2.34. The number of carboxylic acid groups (broad SMARTS) is 1. The first-order chi connectivity index (χ1) is 8.56. The lowest BCUT2D eigenvalue weighted by molar-refractivity contribution is -0.138. The van der Waals surface area contributed by atoms with E-state index in [4.69, 9.17) is 28.3 Å². The third-order valence-electron chi connectivity index (χ3n) is 3.12. The first kappa shape index (κ1) is 13.4. The second-order valence-corrected chi connectivity index (χ2v) is 5.12. The minimum Gasteiger partial charge on any atom is -0.481 e. The highest BCUT2D eigenvalue weighted by Gasteiger charge is 2.23. The van der Waals surface area contributed by atoms with Gasteiger partial charge in [0.15, 0.2) is 10.3 Å². The Balaban J connectivity index is 2.01. The minimum atomic E-state index is -0.736. The molecular formula is C11H13Cl2N3O2. The second kappa shape index (κ2) is 5.71. The summed E-state index contributed by atoms with van der Waals surface area (Å²) in [4.78, 5) is 12.7. The summed E-state index contributed by atoms with van der Waals surface area (Å²) >= 11 is 11.8. The van der Waals surface area contributed by atoms with E-state index in [1.54, 1.807) is 6.07 Å². The monoisotopic (exact) mass is 289 g/mol. The van der Waals surface area contributed by atoms with Crippen molar-refractivity contribution >= 4 is 34.9 Å². The van der Waals surface area contributed by atoms with Crippen molar-refractivity contribution < 1.29 is 9.90 Å². The Morgan fingerprint density at radius 2 is 2.06 bits per heavy atom. The number of piperidine rings is 1. The smallest absolute Gasteiger partial charge is 0.303 e. The van der Waals surface area contributed by atoms with Gasteiger partial charge in [-0.2, -0.15) is 0 Å². The number of halogens is 2. The Bertz CT molecular complexity index is 448. The van der Waals surface area contributed by atoms with E-state index >= 15 is 0 Å². The zero-order chi connectivity index (χ0) is 13.1. The maximum Gasteiger partial charge on any atom is 0.303 e. The molecule has 0 unspecified atom stereocenters. The molecule has 1 saturated heterocycles. The SMILES string of the molecule is O=C(O)CC1CCN(c2cc(Cl)nnc2Cl)CC1. The van der Waals surface area contributed by atoms with Crippen LogP contribution in [0.3, 0.4) is 0 Å². The van der Waals surface area contributed by atoms with Crippen molar-refractivity contribution in [1.82, 2.24) is 10.2 Å². The summed E-state index contributed by atoms with van der Waals surface area (Å²) in [5, 5.41) is 16.8. The molecule has 7 heteroatoms. The Hall–Kier alpha value is -1.07. The van der Waals surface area contributed by atoms with Crippen LogP contribution in [0.4, 0.5) is 5.69 Å². The molecule has 0 spiro atoms. The van der Waals surface area contributed by atoms with Crippen molar-refractivity contribution in [2.24, 2.45) is 5.92 Å². The van der Waals surface area contributed by atoms with Gasteiger partial charge >= 0.3 is 5.97 Å². The van der Waals surface area contributed by atoms with Crippen molar-refractivity contribution in [2.75, 3.05) is 18.0 Å². The summed E-state index contributed by atoms with van der Waals surface area (Å²) < 4.78 is 0. The summed E-state index contributed by atoms with van der Waals surface area (Å²) in [6.45, 7) is 1.53. The predicted octanol–water partition coefficient (Wildman–Crippen LogP) is 2.47. The number of aromatic nitrogens is 2. The molecule has 1 N–H and O–H groups in total. The van der Waals surface area contributed by atoms with Gasteiger partial charge in [0.1, 0.15) is 0 Å². The van der Waals surface area contributed by atoms with Crippen LogP contribution >= 0.6 is 23.2 Å². The number of hydrogen-bond acceptors (Lipinski definition) is 4. The van der Waals surface area contributed by atoms with E-state index in [2.05, 4.69) is 15.1 Å². The van der Waals surface area contributed by atoms with Crippen LogP contribution in [0.2, 0.25) is 10.3 Å². The second-order valence-electron chi connectivity index (χ2n) is 4.37. The molecule has 1 aliphatic rings. The summed E-state index contributed by atoms with van der Waals surface area (Å²) in [5.41, 5.74) is 0.769. The molecule has 0 saturated carbocycles. The lowest BCUT2D eigenvalue weighted by atomic mass is 9.93.